The van der Waals surface area contributed by atoms with Crippen LogP contribution in [0.3, 0.4) is 0 Å². The van der Waals surface area contributed by atoms with Gasteiger partial charge in [0.1, 0.15) is 5.82 Å². The molecule has 1 aliphatic heterocycles. The third-order valence-electron chi connectivity index (χ3n) is 7.07. The van der Waals surface area contributed by atoms with Gasteiger partial charge in [-0.05, 0) is 88.7 Å². The van der Waals surface area contributed by atoms with Gasteiger partial charge in [-0.15, -0.1) is 0 Å². The number of aryl methyl sites for hydroxylation is 1. The Labute approximate surface area is 197 Å². The summed E-state index contributed by atoms with van der Waals surface area (Å²) in [6.07, 6.45) is 10.6. The standard InChI is InChI=1S/C26H38FN5O/c1-4-7-23(29-22-11-9-19-14-21(27)10-8-20(19)15-22)25(33)30-24-16-32(18-28-24)26(2,3)17-31-12-5-6-13-31/h8,10,14,16,18,22-23,29H,4-7,9,11-13,15,17H2,1-3H3,(H,30,33)/t22-,23+/m1/s1. The van der Waals surface area contributed by atoms with Gasteiger partial charge >= 0.3 is 0 Å². The number of anilines is 1. The molecule has 1 saturated heterocycles. The molecule has 2 aliphatic rings. The number of hydrogen-bond donors (Lipinski definition) is 2. The zero-order valence-electron chi connectivity index (χ0n) is 20.2. The Balaban J connectivity index is 1.36. The van der Waals surface area contributed by atoms with Gasteiger partial charge in [-0.3, -0.25) is 4.79 Å². The van der Waals surface area contributed by atoms with Crippen molar-refractivity contribution in [1.29, 1.82) is 0 Å². The second-order valence-electron chi connectivity index (χ2n) is 10.3. The van der Waals surface area contributed by atoms with Crippen LogP contribution >= 0.6 is 0 Å². The first-order chi connectivity index (χ1) is 15.8. The Bertz CT molecular complexity index is 950. The number of halogens is 1. The van der Waals surface area contributed by atoms with Crippen molar-refractivity contribution in [2.24, 2.45) is 0 Å². The summed E-state index contributed by atoms with van der Waals surface area (Å²) in [5.41, 5.74) is 2.18. The van der Waals surface area contributed by atoms with Crippen molar-refractivity contribution >= 4 is 11.7 Å². The molecule has 1 aromatic carbocycles. The first kappa shape index (κ1) is 23.9. The number of hydrogen-bond acceptors (Lipinski definition) is 4. The Kier molecular flexibility index (Phi) is 7.49. The maximum atomic E-state index is 13.5. The quantitative estimate of drug-likeness (QED) is 0.597. The normalized spacial score (nSPS) is 19.9. The third-order valence-corrected chi connectivity index (χ3v) is 7.07. The zero-order valence-corrected chi connectivity index (χ0v) is 20.2. The van der Waals surface area contributed by atoms with E-state index >= 15 is 0 Å². The van der Waals surface area contributed by atoms with Crippen LogP contribution in [0.1, 0.15) is 64.0 Å². The van der Waals surface area contributed by atoms with E-state index in [-0.39, 0.29) is 29.3 Å². The molecule has 6 nitrogen and oxygen atoms in total. The summed E-state index contributed by atoms with van der Waals surface area (Å²) in [5.74, 6) is 0.387. The monoisotopic (exact) mass is 455 g/mol. The molecular weight excluding hydrogens is 417 g/mol. The first-order valence-corrected chi connectivity index (χ1v) is 12.4. The van der Waals surface area contributed by atoms with Gasteiger partial charge < -0.3 is 20.1 Å². The van der Waals surface area contributed by atoms with Crippen LogP contribution in [0.2, 0.25) is 0 Å². The molecule has 0 saturated carbocycles. The van der Waals surface area contributed by atoms with Crippen LogP contribution in [0.25, 0.3) is 0 Å². The highest BCUT2D eigenvalue weighted by molar-refractivity contribution is 5.94. The third kappa shape index (κ3) is 6.01. The molecule has 7 heteroatoms. The van der Waals surface area contributed by atoms with E-state index in [4.69, 9.17) is 0 Å². The number of nitrogens with one attached hydrogen (secondary N) is 2. The second-order valence-corrected chi connectivity index (χ2v) is 10.3. The van der Waals surface area contributed by atoms with Crippen LogP contribution in [-0.2, 0) is 23.2 Å². The van der Waals surface area contributed by atoms with E-state index in [1.165, 1.54) is 24.5 Å². The van der Waals surface area contributed by atoms with Gasteiger partial charge in [0.15, 0.2) is 5.82 Å². The van der Waals surface area contributed by atoms with Crippen molar-refractivity contribution in [3.05, 3.63) is 47.7 Å². The molecule has 1 amide bonds. The maximum Gasteiger partial charge on any atom is 0.242 e. The summed E-state index contributed by atoms with van der Waals surface area (Å²) in [7, 11) is 0. The van der Waals surface area contributed by atoms with Gasteiger partial charge in [-0.25, -0.2) is 9.37 Å². The largest absolute Gasteiger partial charge is 0.328 e. The Morgan fingerprint density at radius 2 is 2.06 bits per heavy atom. The number of fused-ring (bicyclic) bond motifs is 1. The van der Waals surface area contributed by atoms with Crippen molar-refractivity contribution in [3.8, 4) is 0 Å². The number of carbonyl (C=O) groups is 1. The molecule has 1 aromatic heterocycles. The second kappa shape index (κ2) is 10.3. The number of aromatic nitrogens is 2. The molecule has 1 fully saturated rings. The molecule has 33 heavy (non-hydrogen) atoms. The van der Waals surface area contributed by atoms with E-state index in [9.17, 15) is 9.18 Å². The molecule has 1 aliphatic carbocycles. The minimum atomic E-state index is -0.273. The summed E-state index contributed by atoms with van der Waals surface area (Å²) in [6.45, 7) is 9.82. The van der Waals surface area contributed by atoms with Gasteiger partial charge in [0, 0.05) is 18.8 Å². The molecule has 2 N–H and O–H groups in total. The lowest BCUT2D eigenvalue weighted by molar-refractivity contribution is -0.118. The average molecular weight is 456 g/mol. The van der Waals surface area contributed by atoms with Gasteiger partial charge in [0.05, 0.1) is 17.9 Å². The Morgan fingerprint density at radius 1 is 1.27 bits per heavy atom. The van der Waals surface area contributed by atoms with Crippen molar-refractivity contribution in [3.63, 3.8) is 0 Å². The molecule has 2 atom stereocenters. The van der Waals surface area contributed by atoms with E-state index in [1.54, 1.807) is 6.07 Å². The van der Waals surface area contributed by atoms with E-state index in [1.807, 2.05) is 18.6 Å². The molecule has 0 spiro atoms. The fourth-order valence-electron chi connectivity index (χ4n) is 5.23. The SMILES string of the molecule is CCC[C@H](N[C@@H]1CCc2cc(F)ccc2C1)C(=O)Nc1cn(C(C)(C)CN2CCCC2)cn1. The zero-order chi connectivity index (χ0) is 23.4. The topological polar surface area (TPSA) is 62.2 Å². The predicted octanol–water partition coefficient (Wildman–Crippen LogP) is 4.11. The van der Waals surface area contributed by atoms with E-state index < -0.39 is 0 Å². The number of carbonyl (C=O) groups excluding carboxylic acids is 1. The van der Waals surface area contributed by atoms with Crippen LogP contribution in [0.4, 0.5) is 10.2 Å². The van der Waals surface area contributed by atoms with E-state index in [0.29, 0.717) is 5.82 Å². The molecule has 180 valence electrons. The number of amides is 1. The first-order valence-electron chi connectivity index (χ1n) is 12.4. The fourth-order valence-corrected chi connectivity index (χ4v) is 5.23. The van der Waals surface area contributed by atoms with Crippen molar-refractivity contribution in [2.75, 3.05) is 25.0 Å². The van der Waals surface area contributed by atoms with Crippen LogP contribution < -0.4 is 10.6 Å². The van der Waals surface area contributed by atoms with Crippen molar-refractivity contribution in [1.82, 2.24) is 19.8 Å². The molecule has 2 heterocycles. The molecule has 4 rings (SSSR count). The summed E-state index contributed by atoms with van der Waals surface area (Å²) >= 11 is 0. The fraction of sp³-hybridized carbons (Fsp3) is 0.615. The molecule has 0 radical (unpaired) electrons. The number of rotatable bonds is 9. The number of benzene rings is 1. The number of nitrogens with zero attached hydrogens (tertiary/aromatic N) is 3. The highest BCUT2D eigenvalue weighted by Gasteiger charge is 2.28. The van der Waals surface area contributed by atoms with Gasteiger partial charge in [0.2, 0.25) is 5.91 Å². The summed E-state index contributed by atoms with van der Waals surface area (Å²) in [4.78, 5) is 20.1. The maximum absolute atomic E-state index is 13.5. The lowest BCUT2D eigenvalue weighted by Gasteiger charge is -2.31. The van der Waals surface area contributed by atoms with Crippen LogP contribution in [-0.4, -0.2) is 52.1 Å². The average Bonchev–Trinajstić information content (AvgIpc) is 3.46. The van der Waals surface area contributed by atoms with E-state index in [0.717, 1.165) is 57.3 Å². The van der Waals surface area contributed by atoms with Crippen molar-refractivity contribution in [2.45, 2.75) is 83.3 Å². The Morgan fingerprint density at radius 3 is 2.82 bits per heavy atom. The molecule has 0 unspecified atom stereocenters. The predicted molar refractivity (Wildman–Crippen MR) is 130 cm³/mol. The molecule has 0 bridgehead atoms. The van der Waals surface area contributed by atoms with Crippen molar-refractivity contribution < 1.29 is 9.18 Å². The van der Waals surface area contributed by atoms with Crippen LogP contribution in [0.15, 0.2) is 30.7 Å². The minimum absolute atomic E-state index is 0.0376. The summed E-state index contributed by atoms with van der Waals surface area (Å²) in [6, 6.07) is 4.98. The summed E-state index contributed by atoms with van der Waals surface area (Å²) in [5, 5.41) is 6.60. The smallest absolute Gasteiger partial charge is 0.242 e. The van der Waals surface area contributed by atoms with E-state index in [2.05, 4.69) is 45.9 Å². The van der Waals surface area contributed by atoms with Gasteiger partial charge in [-0.2, -0.15) is 0 Å². The lowest BCUT2D eigenvalue weighted by Crippen LogP contribution is -2.47. The summed E-state index contributed by atoms with van der Waals surface area (Å²) < 4.78 is 15.6. The number of imidazole rings is 1. The van der Waals surface area contributed by atoms with Crippen LogP contribution in [0, 0.1) is 5.82 Å². The van der Waals surface area contributed by atoms with Crippen LogP contribution in [0.5, 0.6) is 0 Å². The van der Waals surface area contributed by atoms with Gasteiger partial charge in [0.25, 0.3) is 0 Å². The Hall–Kier alpha value is -2.25. The molecular formula is C26H38FN5O. The highest BCUT2D eigenvalue weighted by atomic mass is 19.1. The highest BCUT2D eigenvalue weighted by Crippen LogP contribution is 2.24. The number of likely N-dealkylation sites (tertiary alicyclic amines) is 1. The van der Waals surface area contributed by atoms with Gasteiger partial charge in [-0.1, -0.05) is 19.4 Å². The minimum Gasteiger partial charge on any atom is -0.328 e. The molecule has 2 aromatic rings. The lowest BCUT2D eigenvalue weighted by atomic mass is 9.87.